The monoisotopic (exact) mass is 272 g/mol. The molecular formula is C14H18ClFO2. The van der Waals surface area contributed by atoms with Gasteiger partial charge in [0.15, 0.2) is 5.78 Å². The van der Waals surface area contributed by atoms with Gasteiger partial charge in [0.1, 0.15) is 11.9 Å². The lowest BCUT2D eigenvalue weighted by Crippen LogP contribution is -2.31. The van der Waals surface area contributed by atoms with Gasteiger partial charge in [0.25, 0.3) is 0 Å². The molecule has 4 heteroatoms. The summed E-state index contributed by atoms with van der Waals surface area (Å²) >= 11 is 5.68. The van der Waals surface area contributed by atoms with E-state index in [1.807, 2.05) is 20.8 Å². The van der Waals surface area contributed by atoms with Crippen molar-refractivity contribution in [3.05, 3.63) is 34.6 Å². The molecule has 1 atom stereocenters. The van der Waals surface area contributed by atoms with Gasteiger partial charge < -0.3 is 4.74 Å². The summed E-state index contributed by atoms with van der Waals surface area (Å²) in [7, 11) is 0. The zero-order valence-corrected chi connectivity index (χ0v) is 11.6. The molecule has 0 aliphatic carbocycles. The highest BCUT2D eigenvalue weighted by Crippen LogP contribution is 2.20. The number of ether oxygens (including phenoxy) is 1. The second-order valence-electron chi connectivity index (χ2n) is 4.48. The first kappa shape index (κ1) is 15.1. The van der Waals surface area contributed by atoms with Crippen LogP contribution >= 0.6 is 11.6 Å². The van der Waals surface area contributed by atoms with Gasteiger partial charge in [-0.05, 0) is 24.5 Å². The van der Waals surface area contributed by atoms with Crippen molar-refractivity contribution in [1.29, 1.82) is 0 Å². The van der Waals surface area contributed by atoms with Crippen molar-refractivity contribution in [2.75, 3.05) is 6.61 Å². The molecule has 0 saturated carbocycles. The number of ketones is 1. The summed E-state index contributed by atoms with van der Waals surface area (Å²) in [5.41, 5.74) is 0.317. The summed E-state index contributed by atoms with van der Waals surface area (Å²) in [5.74, 6) is -0.570. The number of Topliss-reactive ketones (excluding diaryl/α,β-unsaturated/α-hetero) is 1. The molecular weight excluding hydrogens is 255 g/mol. The Morgan fingerprint density at radius 3 is 2.67 bits per heavy atom. The first-order chi connectivity index (χ1) is 8.47. The van der Waals surface area contributed by atoms with Crippen LogP contribution in [0.4, 0.5) is 4.39 Å². The molecule has 100 valence electrons. The Bertz CT molecular complexity index is 418. The summed E-state index contributed by atoms with van der Waals surface area (Å²) in [6.45, 7) is 6.12. The van der Waals surface area contributed by atoms with Crippen LogP contribution in [-0.4, -0.2) is 18.5 Å². The molecule has 0 fully saturated rings. The third-order valence-electron chi connectivity index (χ3n) is 2.67. The summed E-state index contributed by atoms with van der Waals surface area (Å²) in [4.78, 5) is 12.1. The second kappa shape index (κ2) is 6.86. The number of benzene rings is 1. The van der Waals surface area contributed by atoms with Crippen LogP contribution in [0, 0.1) is 11.7 Å². The molecule has 0 saturated heterocycles. The van der Waals surface area contributed by atoms with E-state index in [1.54, 1.807) is 12.1 Å². The number of hydrogen-bond acceptors (Lipinski definition) is 2. The van der Waals surface area contributed by atoms with Crippen molar-refractivity contribution in [3.63, 3.8) is 0 Å². The number of halogens is 2. The van der Waals surface area contributed by atoms with E-state index < -0.39 is 11.9 Å². The van der Waals surface area contributed by atoms with Crippen molar-refractivity contribution in [2.24, 2.45) is 5.92 Å². The largest absolute Gasteiger partial charge is 0.370 e. The Hall–Kier alpha value is -0.930. The molecule has 1 rings (SSSR count). The molecule has 1 aromatic rings. The van der Waals surface area contributed by atoms with Gasteiger partial charge in [-0.2, -0.15) is 0 Å². The van der Waals surface area contributed by atoms with Gasteiger partial charge in [-0.1, -0.05) is 37.6 Å². The average Bonchev–Trinajstić information content (AvgIpc) is 2.31. The fourth-order valence-corrected chi connectivity index (χ4v) is 2.00. The highest BCUT2D eigenvalue weighted by molar-refractivity contribution is 6.30. The predicted molar refractivity (Wildman–Crippen MR) is 70.4 cm³/mol. The van der Waals surface area contributed by atoms with Crippen LogP contribution < -0.4 is 0 Å². The van der Waals surface area contributed by atoms with Crippen LogP contribution in [0.2, 0.25) is 5.02 Å². The standard InChI is InChI=1S/C14H18ClFO2/c1-4-18-14(9(2)3)12(17)8-10-6-5-7-11(15)13(10)16/h5-7,9,14H,4,8H2,1-3H3. The lowest BCUT2D eigenvalue weighted by molar-refractivity contribution is -0.132. The van der Waals surface area contributed by atoms with Gasteiger partial charge in [-0.25, -0.2) is 4.39 Å². The van der Waals surface area contributed by atoms with E-state index in [-0.39, 0.29) is 23.1 Å². The Labute approximate surface area is 112 Å². The minimum Gasteiger partial charge on any atom is -0.370 e. The van der Waals surface area contributed by atoms with Crippen molar-refractivity contribution >= 4 is 17.4 Å². The van der Waals surface area contributed by atoms with E-state index in [0.717, 1.165) is 0 Å². The smallest absolute Gasteiger partial charge is 0.166 e. The Morgan fingerprint density at radius 2 is 2.11 bits per heavy atom. The van der Waals surface area contributed by atoms with E-state index in [9.17, 15) is 9.18 Å². The van der Waals surface area contributed by atoms with Crippen LogP contribution in [0.15, 0.2) is 18.2 Å². The molecule has 18 heavy (non-hydrogen) atoms. The predicted octanol–water partition coefficient (Wildman–Crippen LogP) is 3.65. The van der Waals surface area contributed by atoms with Gasteiger partial charge in [-0.3, -0.25) is 4.79 Å². The molecule has 0 aromatic heterocycles. The maximum atomic E-state index is 13.7. The SMILES string of the molecule is CCOC(C(=O)Cc1cccc(Cl)c1F)C(C)C. The first-order valence-corrected chi connectivity index (χ1v) is 6.42. The van der Waals surface area contributed by atoms with Crippen LogP contribution in [0.5, 0.6) is 0 Å². The quantitative estimate of drug-likeness (QED) is 0.790. The maximum Gasteiger partial charge on any atom is 0.166 e. The second-order valence-corrected chi connectivity index (χ2v) is 4.88. The number of rotatable bonds is 6. The molecule has 2 nitrogen and oxygen atoms in total. The summed E-state index contributed by atoms with van der Waals surface area (Å²) in [6.07, 6.45) is -0.483. The van der Waals surface area contributed by atoms with Gasteiger partial charge in [0, 0.05) is 13.0 Å². The van der Waals surface area contributed by atoms with Gasteiger partial charge in [0.2, 0.25) is 0 Å². The molecule has 0 heterocycles. The molecule has 0 amide bonds. The molecule has 0 aliphatic rings. The Balaban J connectivity index is 2.82. The molecule has 0 aliphatic heterocycles. The van der Waals surface area contributed by atoms with Gasteiger partial charge in [0.05, 0.1) is 5.02 Å². The van der Waals surface area contributed by atoms with E-state index >= 15 is 0 Å². The topological polar surface area (TPSA) is 26.3 Å². The van der Waals surface area contributed by atoms with E-state index in [1.165, 1.54) is 6.07 Å². The van der Waals surface area contributed by atoms with Crippen molar-refractivity contribution in [3.8, 4) is 0 Å². The van der Waals surface area contributed by atoms with Gasteiger partial charge >= 0.3 is 0 Å². The average molecular weight is 273 g/mol. The zero-order chi connectivity index (χ0) is 13.7. The first-order valence-electron chi connectivity index (χ1n) is 6.04. The Morgan fingerprint density at radius 1 is 1.44 bits per heavy atom. The maximum absolute atomic E-state index is 13.7. The fraction of sp³-hybridized carbons (Fsp3) is 0.500. The minimum absolute atomic E-state index is 0.00917. The van der Waals surface area contributed by atoms with Crippen molar-refractivity contribution in [2.45, 2.75) is 33.3 Å². The lowest BCUT2D eigenvalue weighted by Gasteiger charge is -2.19. The van der Waals surface area contributed by atoms with Crippen LogP contribution in [-0.2, 0) is 16.0 Å². The van der Waals surface area contributed by atoms with E-state index in [4.69, 9.17) is 16.3 Å². The highest BCUT2D eigenvalue weighted by atomic mass is 35.5. The fourth-order valence-electron chi connectivity index (χ4n) is 1.81. The normalized spacial score (nSPS) is 12.8. The molecule has 0 N–H and O–H groups in total. The van der Waals surface area contributed by atoms with Gasteiger partial charge in [-0.15, -0.1) is 0 Å². The van der Waals surface area contributed by atoms with Crippen molar-refractivity contribution in [1.82, 2.24) is 0 Å². The highest BCUT2D eigenvalue weighted by Gasteiger charge is 2.23. The van der Waals surface area contributed by atoms with Crippen LogP contribution in [0.3, 0.4) is 0 Å². The number of carbonyl (C=O) groups is 1. The Kier molecular flexibility index (Phi) is 5.76. The molecule has 0 spiro atoms. The summed E-state index contributed by atoms with van der Waals surface area (Å²) in [5, 5.41) is 0.0396. The van der Waals surface area contributed by atoms with Crippen LogP contribution in [0.25, 0.3) is 0 Å². The minimum atomic E-state index is -0.522. The molecule has 0 bridgehead atoms. The number of carbonyl (C=O) groups excluding carboxylic acids is 1. The third-order valence-corrected chi connectivity index (χ3v) is 2.96. The third kappa shape index (κ3) is 3.79. The van der Waals surface area contributed by atoms with E-state index in [0.29, 0.717) is 12.2 Å². The van der Waals surface area contributed by atoms with Crippen LogP contribution in [0.1, 0.15) is 26.3 Å². The van der Waals surface area contributed by atoms with Crippen molar-refractivity contribution < 1.29 is 13.9 Å². The molecule has 1 aromatic carbocycles. The molecule has 1 unspecified atom stereocenters. The van der Waals surface area contributed by atoms with E-state index in [2.05, 4.69) is 0 Å². The zero-order valence-electron chi connectivity index (χ0n) is 10.9. The molecule has 0 radical (unpaired) electrons. The summed E-state index contributed by atoms with van der Waals surface area (Å²) < 4.78 is 19.1. The number of hydrogen-bond donors (Lipinski definition) is 0. The summed E-state index contributed by atoms with van der Waals surface area (Å²) in [6, 6.07) is 4.68. The lowest BCUT2D eigenvalue weighted by atomic mass is 9.97.